The molecular weight excluding hydrogens is 298 g/mol. The van der Waals surface area contributed by atoms with E-state index < -0.39 is 0 Å². The van der Waals surface area contributed by atoms with Crippen molar-refractivity contribution in [1.82, 2.24) is 4.98 Å². The Labute approximate surface area is 113 Å². The Morgan fingerprint density at radius 3 is 2.65 bits per heavy atom. The average Bonchev–Trinajstić information content (AvgIpc) is 2.81. The highest BCUT2D eigenvalue weighted by Gasteiger charge is 2.06. The van der Waals surface area contributed by atoms with Crippen molar-refractivity contribution in [2.45, 2.75) is 13.1 Å². The third kappa shape index (κ3) is 3.28. The molecule has 0 atom stereocenters. The van der Waals surface area contributed by atoms with Crippen molar-refractivity contribution in [2.75, 3.05) is 11.9 Å². The molecule has 17 heavy (non-hydrogen) atoms. The van der Waals surface area contributed by atoms with Gasteiger partial charge in [-0.25, -0.2) is 4.98 Å². The monoisotopic (exact) mass is 311 g/mol. The van der Waals surface area contributed by atoms with Crippen LogP contribution in [0.1, 0.15) is 11.3 Å². The zero-order valence-corrected chi connectivity index (χ0v) is 12.0. The van der Waals surface area contributed by atoms with Crippen LogP contribution in [0.2, 0.25) is 0 Å². The second-order valence-corrected chi connectivity index (χ2v) is 5.56. The summed E-state index contributed by atoms with van der Waals surface area (Å²) in [6, 6.07) is 8.32. The molecule has 1 aromatic carbocycles. The first-order valence-electron chi connectivity index (χ1n) is 5.29. The van der Waals surface area contributed by atoms with Crippen molar-refractivity contribution in [2.24, 2.45) is 5.73 Å². The molecule has 0 spiro atoms. The molecule has 0 amide bonds. The minimum Gasteiger partial charge on any atom is -0.347 e. The number of rotatable bonds is 4. The van der Waals surface area contributed by atoms with E-state index >= 15 is 0 Å². The van der Waals surface area contributed by atoms with Gasteiger partial charge in [0.25, 0.3) is 0 Å². The van der Waals surface area contributed by atoms with Gasteiger partial charge in [0, 0.05) is 30.0 Å². The first-order chi connectivity index (χ1) is 8.19. The van der Waals surface area contributed by atoms with E-state index in [0.717, 1.165) is 21.8 Å². The Hall–Kier alpha value is -0.910. The van der Waals surface area contributed by atoms with Gasteiger partial charge in [-0.05, 0) is 17.7 Å². The van der Waals surface area contributed by atoms with Crippen LogP contribution in [-0.4, -0.2) is 12.0 Å². The second-order valence-electron chi connectivity index (χ2n) is 3.81. The third-order valence-electron chi connectivity index (χ3n) is 2.41. The fraction of sp³-hybridized carbons (Fsp3) is 0.250. The molecule has 0 radical (unpaired) electrons. The van der Waals surface area contributed by atoms with Gasteiger partial charge in [-0.15, -0.1) is 11.3 Å². The lowest BCUT2D eigenvalue weighted by atomic mass is 10.2. The molecule has 2 aromatic rings. The molecule has 0 aliphatic heterocycles. The van der Waals surface area contributed by atoms with Crippen molar-refractivity contribution < 1.29 is 0 Å². The fourth-order valence-corrected chi connectivity index (χ4v) is 2.57. The zero-order chi connectivity index (χ0) is 12.3. The van der Waals surface area contributed by atoms with E-state index in [1.54, 1.807) is 11.3 Å². The summed E-state index contributed by atoms with van der Waals surface area (Å²) < 4.78 is 1.10. The van der Waals surface area contributed by atoms with Crippen molar-refractivity contribution in [3.63, 3.8) is 0 Å². The SMILES string of the molecule is CN(Cc1ccc(Br)cc1)c1nc(CN)cs1. The zero-order valence-electron chi connectivity index (χ0n) is 9.56. The maximum atomic E-state index is 5.55. The maximum absolute atomic E-state index is 5.55. The predicted molar refractivity (Wildman–Crippen MR) is 76.3 cm³/mol. The smallest absolute Gasteiger partial charge is 0.185 e. The minimum absolute atomic E-state index is 0.503. The topological polar surface area (TPSA) is 42.2 Å². The standard InChI is InChI=1S/C12H14BrN3S/c1-16(12-15-11(6-14)8-17-12)7-9-2-4-10(13)5-3-9/h2-5,8H,6-7,14H2,1H3. The van der Waals surface area contributed by atoms with Crippen LogP contribution in [-0.2, 0) is 13.1 Å². The summed E-state index contributed by atoms with van der Waals surface area (Å²) >= 11 is 5.06. The van der Waals surface area contributed by atoms with Gasteiger partial charge in [0.15, 0.2) is 5.13 Å². The highest BCUT2D eigenvalue weighted by Crippen LogP contribution is 2.21. The molecule has 0 saturated heterocycles. The molecule has 3 nitrogen and oxygen atoms in total. The van der Waals surface area contributed by atoms with Crippen molar-refractivity contribution in [3.8, 4) is 0 Å². The quantitative estimate of drug-likeness (QED) is 0.944. The van der Waals surface area contributed by atoms with Crippen LogP contribution in [0.3, 0.4) is 0 Å². The Bertz CT molecular complexity index is 481. The molecule has 0 saturated carbocycles. The molecule has 0 fully saturated rings. The molecule has 1 aromatic heterocycles. The highest BCUT2D eigenvalue weighted by molar-refractivity contribution is 9.10. The Morgan fingerprint density at radius 1 is 1.35 bits per heavy atom. The van der Waals surface area contributed by atoms with E-state index in [0.29, 0.717) is 6.54 Å². The summed E-state index contributed by atoms with van der Waals surface area (Å²) in [6.07, 6.45) is 0. The lowest BCUT2D eigenvalue weighted by Crippen LogP contribution is -2.16. The average molecular weight is 312 g/mol. The van der Waals surface area contributed by atoms with E-state index in [1.165, 1.54) is 5.56 Å². The molecule has 0 bridgehead atoms. The molecule has 5 heteroatoms. The fourth-order valence-electron chi connectivity index (χ4n) is 1.50. The number of benzene rings is 1. The van der Waals surface area contributed by atoms with E-state index in [1.807, 2.05) is 12.4 Å². The van der Waals surface area contributed by atoms with Crippen molar-refractivity contribution in [3.05, 3.63) is 45.4 Å². The number of anilines is 1. The number of aromatic nitrogens is 1. The minimum atomic E-state index is 0.503. The highest BCUT2D eigenvalue weighted by atomic mass is 79.9. The molecule has 1 heterocycles. The van der Waals surface area contributed by atoms with E-state index in [2.05, 4.69) is 50.1 Å². The van der Waals surface area contributed by atoms with Crippen LogP contribution in [0.4, 0.5) is 5.13 Å². The number of halogens is 1. The van der Waals surface area contributed by atoms with E-state index in [4.69, 9.17) is 5.73 Å². The van der Waals surface area contributed by atoms with Gasteiger partial charge in [0.1, 0.15) is 0 Å². The number of hydrogen-bond acceptors (Lipinski definition) is 4. The predicted octanol–water partition coefficient (Wildman–Crippen LogP) is 3.00. The largest absolute Gasteiger partial charge is 0.347 e. The van der Waals surface area contributed by atoms with Crippen LogP contribution in [0, 0.1) is 0 Å². The first kappa shape index (κ1) is 12.5. The Kier molecular flexibility index (Phi) is 4.15. The van der Waals surface area contributed by atoms with Crippen LogP contribution in [0.25, 0.3) is 0 Å². The van der Waals surface area contributed by atoms with Crippen LogP contribution in [0.15, 0.2) is 34.1 Å². The lowest BCUT2D eigenvalue weighted by Gasteiger charge is -2.15. The van der Waals surface area contributed by atoms with Crippen LogP contribution < -0.4 is 10.6 Å². The van der Waals surface area contributed by atoms with Crippen LogP contribution >= 0.6 is 27.3 Å². The summed E-state index contributed by atoms with van der Waals surface area (Å²) in [7, 11) is 2.04. The summed E-state index contributed by atoms with van der Waals surface area (Å²) in [6.45, 7) is 1.35. The molecule has 90 valence electrons. The van der Waals surface area contributed by atoms with E-state index in [9.17, 15) is 0 Å². The van der Waals surface area contributed by atoms with Gasteiger partial charge in [-0.1, -0.05) is 28.1 Å². The number of hydrogen-bond donors (Lipinski definition) is 1. The molecule has 2 N–H and O–H groups in total. The molecular formula is C12H14BrN3S. The first-order valence-corrected chi connectivity index (χ1v) is 6.96. The molecule has 2 rings (SSSR count). The molecule has 0 aliphatic rings. The van der Waals surface area contributed by atoms with Gasteiger partial charge >= 0.3 is 0 Å². The van der Waals surface area contributed by atoms with Crippen LogP contribution in [0.5, 0.6) is 0 Å². The second kappa shape index (κ2) is 5.62. The maximum Gasteiger partial charge on any atom is 0.185 e. The van der Waals surface area contributed by atoms with Gasteiger partial charge in [-0.3, -0.25) is 0 Å². The number of nitrogens with zero attached hydrogens (tertiary/aromatic N) is 2. The summed E-state index contributed by atoms with van der Waals surface area (Å²) in [4.78, 5) is 6.58. The van der Waals surface area contributed by atoms with Gasteiger partial charge < -0.3 is 10.6 Å². The Morgan fingerprint density at radius 2 is 2.06 bits per heavy atom. The summed E-state index contributed by atoms with van der Waals surface area (Å²) in [5, 5.41) is 3.02. The van der Waals surface area contributed by atoms with Crippen molar-refractivity contribution in [1.29, 1.82) is 0 Å². The molecule has 0 unspecified atom stereocenters. The number of nitrogens with two attached hydrogens (primary N) is 1. The van der Waals surface area contributed by atoms with Crippen molar-refractivity contribution >= 4 is 32.4 Å². The lowest BCUT2D eigenvalue weighted by molar-refractivity contribution is 0.900. The number of thiazole rings is 1. The van der Waals surface area contributed by atoms with Gasteiger partial charge in [0.05, 0.1) is 5.69 Å². The third-order valence-corrected chi connectivity index (χ3v) is 3.94. The van der Waals surface area contributed by atoms with Gasteiger partial charge in [0.2, 0.25) is 0 Å². The van der Waals surface area contributed by atoms with Gasteiger partial charge in [-0.2, -0.15) is 0 Å². The molecule has 0 aliphatic carbocycles. The Balaban J connectivity index is 2.05. The summed E-state index contributed by atoms with van der Waals surface area (Å²) in [5.41, 5.74) is 7.77. The summed E-state index contributed by atoms with van der Waals surface area (Å²) in [5.74, 6) is 0. The normalized spacial score (nSPS) is 10.5. The van der Waals surface area contributed by atoms with E-state index in [-0.39, 0.29) is 0 Å².